The molecule has 9 nitrogen and oxygen atoms in total. The number of ether oxygens (including phenoxy) is 1. The molecule has 0 unspecified atom stereocenters. The summed E-state index contributed by atoms with van der Waals surface area (Å²) in [5.41, 5.74) is 1.27. The van der Waals surface area contributed by atoms with Crippen molar-refractivity contribution < 1.29 is 27.2 Å². The lowest BCUT2D eigenvalue weighted by Gasteiger charge is -2.10. The highest BCUT2D eigenvalue weighted by atomic mass is 32.2. The van der Waals surface area contributed by atoms with Gasteiger partial charge in [-0.2, -0.15) is 0 Å². The minimum Gasteiger partial charge on any atom is -0.496 e. The molecule has 0 fully saturated rings. The van der Waals surface area contributed by atoms with Crippen LogP contribution in [0.25, 0.3) is 11.3 Å². The molecule has 0 atom stereocenters. The SMILES string of the molecule is COc1cc(NC(=O)C(=O)Nc2ccc(S(C)(=O)=O)cc2)ccc1-c1cnco1. The Hall–Kier alpha value is -3.66. The summed E-state index contributed by atoms with van der Waals surface area (Å²) in [6.07, 6.45) is 3.89. The molecule has 2 aromatic carbocycles. The minimum atomic E-state index is -3.35. The molecule has 0 aliphatic rings. The first kappa shape index (κ1) is 20.1. The normalized spacial score (nSPS) is 11.0. The highest BCUT2D eigenvalue weighted by Crippen LogP contribution is 2.32. The Morgan fingerprint density at radius 2 is 1.62 bits per heavy atom. The summed E-state index contributed by atoms with van der Waals surface area (Å²) in [4.78, 5) is 28.2. The number of oxazole rings is 1. The van der Waals surface area contributed by atoms with Crippen molar-refractivity contribution >= 4 is 33.0 Å². The molecule has 2 amide bonds. The number of carbonyl (C=O) groups is 2. The Morgan fingerprint density at radius 3 is 2.17 bits per heavy atom. The fourth-order valence-corrected chi connectivity index (χ4v) is 3.11. The molecule has 1 heterocycles. The highest BCUT2D eigenvalue weighted by Gasteiger charge is 2.16. The standard InChI is InChI=1S/C19H17N3O6S/c1-27-16-9-13(5-8-15(16)17-10-20-11-28-17)22-19(24)18(23)21-12-3-6-14(7-4-12)29(2,25)26/h3-11H,1-2H3,(H,21,23)(H,22,24). The van der Waals surface area contributed by atoms with E-state index in [1.807, 2.05) is 0 Å². The van der Waals surface area contributed by atoms with E-state index in [1.54, 1.807) is 18.2 Å². The first-order valence-electron chi connectivity index (χ1n) is 8.27. The topological polar surface area (TPSA) is 128 Å². The molecule has 3 aromatic rings. The first-order valence-corrected chi connectivity index (χ1v) is 10.2. The Morgan fingerprint density at radius 1 is 1.00 bits per heavy atom. The van der Waals surface area contributed by atoms with Gasteiger partial charge in [-0.05, 0) is 36.4 Å². The average Bonchev–Trinajstić information content (AvgIpc) is 3.22. The Bertz CT molecular complexity index is 1140. The molecular weight excluding hydrogens is 398 g/mol. The smallest absolute Gasteiger partial charge is 0.314 e. The number of methoxy groups -OCH3 is 1. The monoisotopic (exact) mass is 415 g/mol. The Kier molecular flexibility index (Phi) is 5.64. The van der Waals surface area contributed by atoms with Gasteiger partial charge in [0.2, 0.25) is 0 Å². The minimum absolute atomic E-state index is 0.110. The molecular formula is C19H17N3O6S. The largest absolute Gasteiger partial charge is 0.496 e. The maximum atomic E-state index is 12.2. The number of amides is 2. The summed E-state index contributed by atoms with van der Waals surface area (Å²) < 4.78 is 33.5. The van der Waals surface area contributed by atoms with Crippen LogP contribution in [0.5, 0.6) is 5.75 Å². The molecule has 10 heteroatoms. The number of aromatic nitrogens is 1. The van der Waals surface area contributed by atoms with Gasteiger partial charge in [-0.15, -0.1) is 0 Å². The van der Waals surface area contributed by atoms with Crippen LogP contribution in [-0.4, -0.2) is 38.6 Å². The number of benzene rings is 2. The number of hydrogen-bond donors (Lipinski definition) is 2. The lowest BCUT2D eigenvalue weighted by molar-refractivity contribution is -0.132. The second-order valence-electron chi connectivity index (χ2n) is 5.99. The highest BCUT2D eigenvalue weighted by molar-refractivity contribution is 7.90. The van der Waals surface area contributed by atoms with Crippen molar-refractivity contribution in [3.05, 3.63) is 55.1 Å². The van der Waals surface area contributed by atoms with Gasteiger partial charge in [-0.25, -0.2) is 13.4 Å². The van der Waals surface area contributed by atoms with Crippen LogP contribution >= 0.6 is 0 Å². The van der Waals surface area contributed by atoms with Crippen LogP contribution in [0.15, 0.2) is 64.4 Å². The van der Waals surface area contributed by atoms with Gasteiger partial charge >= 0.3 is 11.8 Å². The Labute approximate surface area is 166 Å². The molecule has 0 saturated heterocycles. The van der Waals surface area contributed by atoms with Gasteiger partial charge in [-0.3, -0.25) is 9.59 Å². The van der Waals surface area contributed by atoms with Crippen LogP contribution in [0.3, 0.4) is 0 Å². The molecule has 1 aromatic heterocycles. The van der Waals surface area contributed by atoms with Gasteiger partial charge in [0, 0.05) is 23.7 Å². The number of anilines is 2. The molecule has 3 rings (SSSR count). The van der Waals surface area contributed by atoms with Gasteiger partial charge < -0.3 is 19.8 Å². The van der Waals surface area contributed by atoms with E-state index in [-0.39, 0.29) is 10.6 Å². The van der Waals surface area contributed by atoms with Gasteiger partial charge in [-0.1, -0.05) is 0 Å². The summed E-state index contributed by atoms with van der Waals surface area (Å²) in [7, 11) is -1.88. The van der Waals surface area contributed by atoms with E-state index in [4.69, 9.17) is 9.15 Å². The van der Waals surface area contributed by atoms with Gasteiger partial charge in [0.1, 0.15) is 5.75 Å². The predicted molar refractivity (Wildman–Crippen MR) is 105 cm³/mol. The van der Waals surface area contributed by atoms with Gasteiger partial charge in [0.25, 0.3) is 0 Å². The summed E-state index contributed by atoms with van der Waals surface area (Å²) >= 11 is 0. The van der Waals surface area contributed by atoms with E-state index in [1.165, 1.54) is 44.0 Å². The lowest BCUT2D eigenvalue weighted by Crippen LogP contribution is -2.29. The molecule has 0 radical (unpaired) electrons. The van der Waals surface area contributed by atoms with Crippen molar-refractivity contribution in [3.8, 4) is 17.1 Å². The van der Waals surface area contributed by atoms with Crippen molar-refractivity contribution in [1.29, 1.82) is 0 Å². The molecule has 29 heavy (non-hydrogen) atoms. The molecule has 0 saturated carbocycles. The fourth-order valence-electron chi connectivity index (χ4n) is 2.48. The molecule has 0 aliphatic heterocycles. The quantitative estimate of drug-likeness (QED) is 0.612. The van der Waals surface area contributed by atoms with Gasteiger partial charge in [0.15, 0.2) is 22.0 Å². The molecule has 0 aliphatic carbocycles. The third kappa shape index (κ3) is 4.79. The van der Waals surface area contributed by atoms with E-state index < -0.39 is 21.7 Å². The van der Waals surface area contributed by atoms with Crippen LogP contribution in [0, 0.1) is 0 Å². The average molecular weight is 415 g/mol. The van der Waals surface area contributed by atoms with Crippen molar-refractivity contribution in [2.45, 2.75) is 4.90 Å². The van der Waals surface area contributed by atoms with Crippen LogP contribution in [0.1, 0.15) is 0 Å². The second kappa shape index (κ2) is 8.15. The zero-order valence-corrected chi connectivity index (χ0v) is 16.3. The summed E-state index contributed by atoms with van der Waals surface area (Å²) in [6, 6.07) is 10.3. The van der Waals surface area contributed by atoms with Crippen molar-refractivity contribution in [2.75, 3.05) is 24.0 Å². The third-order valence-corrected chi connectivity index (χ3v) is 5.03. The number of nitrogens with one attached hydrogen (secondary N) is 2. The fraction of sp³-hybridized carbons (Fsp3) is 0.105. The maximum Gasteiger partial charge on any atom is 0.314 e. The summed E-state index contributed by atoms with van der Waals surface area (Å²) in [5.74, 6) is -0.881. The molecule has 150 valence electrons. The number of sulfone groups is 1. The molecule has 0 bridgehead atoms. The number of nitrogens with zero attached hydrogens (tertiary/aromatic N) is 1. The van der Waals surface area contributed by atoms with Crippen LogP contribution < -0.4 is 15.4 Å². The summed E-state index contributed by atoms with van der Waals surface area (Å²) in [6.45, 7) is 0. The zero-order chi connectivity index (χ0) is 21.0. The third-order valence-electron chi connectivity index (χ3n) is 3.90. The second-order valence-corrected chi connectivity index (χ2v) is 8.00. The molecule has 2 N–H and O–H groups in total. The van der Waals surface area contributed by atoms with E-state index in [9.17, 15) is 18.0 Å². The number of rotatable bonds is 5. The van der Waals surface area contributed by atoms with Crippen molar-refractivity contribution in [1.82, 2.24) is 4.98 Å². The zero-order valence-electron chi connectivity index (χ0n) is 15.5. The van der Waals surface area contributed by atoms with Crippen LogP contribution in [-0.2, 0) is 19.4 Å². The van der Waals surface area contributed by atoms with E-state index in [0.717, 1.165) is 6.26 Å². The maximum absolute atomic E-state index is 12.2. The van der Waals surface area contributed by atoms with E-state index >= 15 is 0 Å². The Balaban J connectivity index is 1.69. The number of hydrogen-bond acceptors (Lipinski definition) is 7. The summed E-state index contributed by atoms with van der Waals surface area (Å²) in [5, 5.41) is 4.87. The molecule has 0 spiro atoms. The predicted octanol–water partition coefficient (Wildman–Crippen LogP) is 2.33. The van der Waals surface area contributed by atoms with E-state index in [0.29, 0.717) is 22.8 Å². The van der Waals surface area contributed by atoms with Crippen molar-refractivity contribution in [3.63, 3.8) is 0 Å². The van der Waals surface area contributed by atoms with Gasteiger partial charge in [0.05, 0.1) is 23.8 Å². The van der Waals surface area contributed by atoms with E-state index in [2.05, 4.69) is 15.6 Å². The number of carbonyl (C=O) groups excluding carboxylic acids is 2. The lowest BCUT2D eigenvalue weighted by atomic mass is 10.1. The first-order chi connectivity index (χ1) is 13.8. The van der Waals surface area contributed by atoms with Crippen LogP contribution in [0.4, 0.5) is 11.4 Å². The van der Waals surface area contributed by atoms with Crippen LogP contribution in [0.2, 0.25) is 0 Å². The van der Waals surface area contributed by atoms with Crippen molar-refractivity contribution in [2.24, 2.45) is 0 Å².